The largest absolute Gasteiger partial charge is 0.496 e. The summed E-state index contributed by atoms with van der Waals surface area (Å²) in [5.41, 5.74) is 6.68. The van der Waals surface area contributed by atoms with Crippen LogP contribution in [0.4, 0.5) is 0 Å². The summed E-state index contributed by atoms with van der Waals surface area (Å²) in [4.78, 5) is 15.7. The first-order valence-corrected chi connectivity index (χ1v) is 21.5. The van der Waals surface area contributed by atoms with Gasteiger partial charge in [-0.2, -0.15) is 0 Å². The zero-order valence-electron chi connectivity index (χ0n) is 34.0. The summed E-state index contributed by atoms with van der Waals surface area (Å²) in [7, 11) is 2.87. The molecule has 2 aliphatic heterocycles. The smallest absolute Gasteiger partial charge is 0.229 e. The number of carbonyl (C=O) groups excluding carboxylic acids is 1. The monoisotopic (exact) mass is 753 g/mol. The van der Waals surface area contributed by atoms with Crippen LogP contribution in [0, 0.1) is 5.41 Å². The molecule has 54 heavy (non-hydrogen) atoms. The van der Waals surface area contributed by atoms with E-state index in [1.54, 1.807) is 21.3 Å². The van der Waals surface area contributed by atoms with Crippen molar-refractivity contribution in [2.24, 2.45) is 5.41 Å². The summed E-state index contributed by atoms with van der Waals surface area (Å²) in [6.07, 6.45) is 1.07. The van der Waals surface area contributed by atoms with Crippen LogP contribution in [-0.2, 0) is 28.9 Å². The highest BCUT2D eigenvalue weighted by atomic mass is 28.4. The summed E-state index contributed by atoms with van der Waals surface area (Å²) in [5, 5.41) is 12.6. The summed E-state index contributed by atoms with van der Waals surface area (Å²) < 4.78 is 32.2. The molecule has 1 amide bonds. The van der Waals surface area contributed by atoms with E-state index in [9.17, 15) is 9.90 Å². The van der Waals surface area contributed by atoms with Crippen molar-refractivity contribution < 1.29 is 33.3 Å². The lowest BCUT2D eigenvalue weighted by Crippen LogP contribution is -2.47. The number of methoxy groups -OCH3 is 3. The number of benzene rings is 4. The number of amides is 1. The molecule has 0 aromatic heterocycles. The van der Waals surface area contributed by atoms with Gasteiger partial charge in [-0.15, -0.1) is 0 Å². The Balaban J connectivity index is 1.61. The second-order valence-electron chi connectivity index (χ2n) is 16.6. The van der Waals surface area contributed by atoms with E-state index in [1.165, 1.54) is 0 Å². The molecule has 0 unspecified atom stereocenters. The van der Waals surface area contributed by atoms with E-state index in [0.29, 0.717) is 65.7 Å². The normalized spacial score (nSPS) is 18.1. The van der Waals surface area contributed by atoms with Gasteiger partial charge < -0.3 is 33.4 Å². The van der Waals surface area contributed by atoms with Crippen LogP contribution in [0.1, 0.15) is 90.1 Å². The molecule has 2 aliphatic rings. The number of aliphatic hydroxyl groups excluding tert-OH is 1. The van der Waals surface area contributed by atoms with Crippen LogP contribution >= 0.6 is 0 Å². The second-order valence-corrected chi connectivity index (χ2v) is 22.1. The number of aliphatic hydroxyl groups is 1. The van der Waals surface area contributed by atoms with E-state index in [1.807, 2.05) is 49.1 Å². The molecule has 8 nitrogen and oxygen atoms in total. The molecule has 4 aromatic carbocycles. The molecule has 0 spiro atoms. The van der Waals surface area contributed by atoms with Crippen molar-refractivity contribution in [2.45, 2.75) is 110 Å². The minimum Gasteiger partial charge on any atom is -0.496 e. The molecule has 2 atom stereocenters. The number of carbonyl (C=O) groups is 1. The quantitative estimate of drug-likeness (QED) is 0.128. The highest BCUT2D eigenvalue weighted by Gasteiger charge is 2.52. The van der Waals surface area contributed by atoms with Crippen LogP contribution in [0.25, 0.3) is 21.9 Å². The van der Waals surface area contributed by atoms with Gasteiger partial charge in [-0.25, -0.2) is 0 Å². The second kappa shape index (κ2) is 15.6. The maximum absolute atomic E-state index is 13.8. The van der Waals surface area contributed by atoms with Crippen LogP contribution in [0.3, 0.4) is 0 Å². The number of hydrogen-bond acceptors (Lipinski definition) is 7. The molecule has 4 aromatic rings. The van der Waals surface area contributed by atoms with E-state index >= 15 is 0 Å². The van der Waals surface area contributed by atoms with Crippen LogP contribution < -0.4 is 18.9 Å². The summed E-state index contributed by atoms with van der Waals surface area (Å²) >= 11 is 0. The number of ether oxygens (including phenoxy) is 4. The molecule has 1 N–H and O–H groups in total. The van der Waals surface area contributed by atoms with Gasteiger partial charge in [0.2, 0.25) is 14.2 Å². The Labute approximate surface area is 322 Å². The van der Waals surface area contributed by atoms with E-state index in [2.05, 4.69) is 71.9 Å². The maximum atomic E-state index is 13.8. The Morgan fingerprint density at radius 2 is 1.44 bits per heavy atom. The topological polar surface area (TPSA) is 86.7 Å². The number of nitrogens with zero attached hydrogens (tertiary/aromatic N) is 1. The predicted octanol–water partition coefficient (Wildman–Crippen LogP) is 10.0. The molecule has 9 heteroatoms. The zero-order chi connectivity index (χ0) is 39.1. The molecule has 0 aliphatic carbocycles. The Morgan fingerprint density at radius 1 is 0.796 bits per heavy atom. The molecule has 0 bridgehead atoms. The predicted molar refractivity (Wildman–Crippen MR) is 218 cm³/mol. The Hall–Kier alpha value is -4.05. The summed E-state index contributed by atoms with van der Waals surface area (Å²) in [6.45, 7) is 18.5. The molecular weight excluding hydrogens is 695 g/mol. The van der Waals surface area contributed by atoms with Crippen LogP contribution in [0.15, 0.2) is 60.7 Å². The lowest BCUT2D eigenvalue weighted by atomic mass is 9.80. The molecule has 1 saturated heterocycles. The number of fused-ring (bicyclic) bond motifs is 4. The lowest BCUT2D eigenvalue weighted by Gasteiger charge is -2.42. The van der Waals surface area contributed by atoms with Crippen molar-refractivity contribution in [3.05, 3.63) is 82.9 Å². The van der Waals surface area contributed by atoms with Gasteiger partial charge in [0.15, 0.2) is 0 Å². The van der Waals surface area contributed by atoms with Crippen molar-refractivity contribution in [3.63, 3.8) is 0 Å². The van der Waals surface area contributed by atoms with Crippen LogP contribution in [0.5, 0.6) is 23.0 Å². The van der Waals surface area contributed by atoms with Gasteiger partial charge in [0, 0.05) is 22.6 Å². The molecule has 6 rings (SSSR count). The van der Waals surface area contributed by atoms with Crippen LogP contribution in [0.2, 0.25) is 16.6 Å². The van der Waals surface area contributed by atoms with Gasteiger partial charge in [-0.05, 0) is 81.4 Å². The average Bonchev–Trinajstić information content (AvgIpc) is 3.40. The van der Waals surface area contributed by atoms with E-state index in [4.69, 9.17) is 23.4 Å². The van der Waals surface area contributed by atoms with E-state index in [-0.39, 0.29) is 24.6 Å². The average molecular weight is 754 g/mol. The van der Waals surface area contributed by atoms with Gasteiger partial charge in [-0.3, -0.25) is 4.79 Å². The van der Waals surface area contributed by atoms with Gasteiger partial charge in [0.25, 0.3) is 0 Å². The highest BCUT2D eigenvalue weighted by molar-refractivity contribution is 6.77. The molecule has 0 saturated carbocycles. The first-order valence-electron chi connectivity index (χ1n) is 19.4. The Kier molecular flexibility index (Phi) is 11.4. The minimum absolute atomic E-state index is 0.0557. The third-order valence-corrected chi connectivity index (χ3v) is 18.2. The fourth-order valence-electron chi connectivity index (χ4n) is 9.71. The third kappa shape index (κ3) is 6.77. The number of hydrogen-bond donors (Lipinski definition) is 1. The summed E-state index contributed by atoms with van der Waals surface area (Å²) in [6, 6.07) is 19.9. The zero-order valence-corrected chi connectivity index (χ0v) is 35.0. The fourth-order valence-corrected chi connectivity index (χ4v) is 15.1. The van der Waals surface area contributed by atoms with Gasteiger partial charge in [0.1, 0.15) is 29.6 Å². The van der Waals surface area contributed by atoms with Crippen molar-refractivity contribution in [1.29, 1.82) is 0 Å². The van der Waals surface area contributed by atoms with Crippen molar-refractivity contribution in [2.75, 3.05) is 27.9 Å². The minimum atomic E-state index is -2.19. The SMILES string of the molecule is COc1cc(OC)c2c(c1-c1ccc(OCc3ccccc3)c3c(OC)cc(CO[Si](C(C)C)(C(C)C)C(C)C)cc13)C[C@@H](CO)N1C(=O)C(C)(C)C[C@@H]21. The number of rotatable bonds is 14. The van der Waals surface area contributed by atoms with E-state index < -0.39 is 13.7 Å². The standard InChI is InChI=1S/C45H59NO7Si/c1-27(2)54(28(3)4,29(5)6)53-26-31-19-34-33(17-18-37(43(34)38(20-31)49-9)52-25-30-15-13-12-14-16-30)41-35-21-32(24-47)46-36(23-45(7,8)44(46)48)42(35)40(51-11)22-39(41)50-10/h12-20,22,27-29,32,36,47H,21,23-26H2,1-11H3/t32-,36-/m0/s1. The first-order chi connectivity index (χ1) is 25.7. The molecule has 0 radical (unpaired) electrons. The van der Waals surface area contributed by atoms with Crippen molar-refractivity contribution in [1.82, 2.24) is 4.90 Å². The fraction of sp³-hybridized carbons (Fsp3) is 0.489. The Bertz CT molecular complexity index is 1970. The highest BCUT2D eigenvalue weighted by Crippen LogP contribution is 2.56. The summed E-state index contributed by atoms with van der Waals surface area (Å²) in [5.74, 6) is 2.80. The molecule has 290 valence electrons. The lowest BCUT2D eigenvalue weighted by molar-refractivity contribution is -0.139. The maximum Gasteiger partial charge on any atom is 0.229 e. The van der Waals surface area contributed by atoms with E-state index in [0.717, 1.165) is 44.2 Å². The van der Waals surface area contributed by atoms with Gasteiger partial charge in [-0.1, -0.05) is 85.7 Å². The van der Waals surface area contributed by atoms with Crippen molar-refractivity contribution in [3.8, 4) is 34.1 Å². The van der Waals surface area contributed by atoms with Gasteiger partial charge >= 0.3 is 0 Å². The van der Waals surface area contributed by atoms with Crippen molar-refractivity contribution >= 4 is 25.0 Å². The molecule has 1 fully saturated rings. The van der Waals surface area contributed by atoms with Crippen LogP contribution in [-0.4, -0.2) is 58.2 Å². The molecular formula is C45H59NO7Si. The Morgan fingerprint density at radius 3 is 2.04 bits per heavy atom. The third-order valence-electron chi connectivity index (χ3n) is 12.1. The first kappa shape index (κ1) is 39.6. The molecule has 2 heterocycles. The van der Waals surface area contributed by atoms with Gasteiger partial charge in [0.05, 0.1) is 52.0 Å².